The summed E-state index contributed by atoms with van der Waals surface area (Å²) < 4.78 is 0. The number of benzene rings is 1. The number of aromatic nitrogens is 3. The zero-order valence-electron chi connectivity index (χ0n) is 13.2. The average molecular weight is 338 g/mol. The highest BCUT2D eigenvalue weighted by molar-refractivity contribution is 7.13. The number of carbonyl (C=O) groups is 1. The minimum absolute atomic E-state index is 0.142. The van der Waals surface area contributed by atoms with Gasteiger partial charge in [-0.15, -0.1) is 11.3 Å². The van der Waals surface area contributed by atoms with E-state index in [0.717, 1.165) is 41.2 Å². The first kappa shape index (κ1) is 15.1. The Morgan fingerprint density at radius 3 is 3.00 bits per heavy atom. The van der Waals surface area contributed by atoms with Crippen molar-refractivity contribution in [3.05, 3.63) is 59.4 Å². The van der Waals surface area contributed by atoms with E-state index in [1.165, 1.54) is 0 Å². The van der Waals surface area contributed by atoms with Crippen LogP contribution in [0.3, 0.4) is 0 Å². The monoisotopic (exact) mass is 338 g/mol. The molecule has 5 nitrogen and oxygen atoms in total. The van der Waals surface area contributed by atoms with Gasteiger partial charge in [0, 0.05) is 29.2 Å². The zero-order valence-corrected chi connectivity index (χ0v) is 14.0. The minimum atomic E-state index is 0.142. The molecule has 1 N–H and O–H groups in total. The number of rotatable bonds is 4. The molecule has 0 spiro atoms. The van der Waals surface area contributed by atoms with Gasteiger partial charge in [-0.1, -0.05) is 30.3 Å². The van der Waals surface area contributed by atoms with Crippen LogP contribution in [0.2, 0.25) is 0 Å². The number of hydrogen-bond donors (Lipinski definition) is 1. The van der Waals surface area contributed by atoms with E-state index in [9.17, 15) is 4.79 Å². The Morgan fingerprint density at radius 1 is 1.33 bits per heavy atom. The Hall–Kier alpha value is -2.47. The van der Waals surface area contributed by atoms with Gasteiger partial charge in [-0.25, -0.2) is 4.98 Å². The summed E-state index contributed by atoms with van der Waals surface area (Å²) in [5.74, 6) is 0.142. The van der Waals surface area contributed by atoms with Gasteiger partial charge in [0.25, 0.3) is 0 Å². The normalized spacial score (nSPS) is 17.3. The zero-order chi connectivity index (χ0) is 16.4. The number of nitrogens with one attached hydrogen (secondary N) is 1. The van der Waals surface area contributed by atoms with Crippen molar-refractivity contribution in [2.45, 2.75) is 25.3 Å². The Morgan fingerprint density at radius 2 is 2.21 bits per heavy atom. The molecule has 1 unspecified atom stereocenters. The quantitative estimate of drug-likeness (QED) is 0.793. The van der Waals surface area contributed by atoms with Crippen LogP contribution in [0.1, 0.15) is 30.1 Å². The van der Waals surface area contributed by atoms with Crippen molar-refractivity contribution in [3.63, 3.8) is 0 Å². The van der Waals surface area contributed by atoms with Crippen LogP contribution in [0.4, 0.5) is 0 Å². The molecule has 1 aliphatic rings. The molecule has 1 aromatic carbocycles. The van der Waals surface area contributed by atoms with Crippen molar-refractivity contribution in [1.82, 2.24) is 20.1 Å². The fourth-order valence-corrected chi connectivity index (χ4v) is 4.04. The lowest BCUT2D eigenvalue weighted by molar-refractivity contribution is -0.131. The van der Waals surface area contributed by atoms with E-state index in [4.69, 9.17) is 0 Å². The van der Waals surface area contributed by atoms with E-state index >= 15 is 0 Å². The molecule has 0 radical (unpaired) electrons. The average Bonchev–Trinajstić information content (AvgIpc) is 3.36. The first-order valence-corrected chi connectivity index (χ1v) is 8.97. The Balaban J connectivity index is 1.47. The molecule has 1 fully saturated rings. The molecule has 1 atom stereocenters. The van der Waals surface area contributed by atoms with Crippen molar-refractivity contribution in [2.75, 3.05) is 6.54 Å². The second kappa shape index (κ2) is 6.57. The van der Waals surface area contributed by atoms with E-state index in [-0.39, 0.29) is 11.9 Å². The lowest BCUT2D eigenvalue weighted by Gasteiger charge is -2.23. The van der Waals surface area contributed by atoms with Gasteiger partial charge in [0.15, 0.2) is 0 Å². The number of hydrogen-bond acceptors (Lipinski definition) is 4. The molecular weight excluding hydrogens is 320 g/mol. The summed E-state index contributed by atoms with van der Waals surface area (Å²) in [6.07, 6.45) is 6.09. The Bertz CT molecular complexity index is 813. The summed E-state index contributed by atoms with van der Waals surface area (Å²) in [4.78, 5) is 19.3. The third-order valence-electron chi connectivity index (χ3n) is 4.38. The second-order valence-corrected chi connectivity index (χ2v) is 6.82. The molecule has 0 bridgehead atoms. The van der Waals surface area contributed by atoms with Gasteiger partial charge in [-0.2, -0.15) is 5.10 Å². The van der Waals surface area contributed by atoms with E-state index in [0.29, 0.717) is 6.42 Å². The third-order valence-corrected chi connectivity index (χ3v) is 5.32. The summed E-state index contributed by atoms with van der Waals surface area (Å²) in [5.41, 5.74) is 3.03. The first-order valence-electron chi connectivity index (χ1n) is 8.09. The van der Waals surface area contributed by atoms with Gasteiger partial charge < -0.3 is 4.90 Å². The van der Waals surface area contributed by atoms with Crippen LogP contribution in [-0.4, -0.2) is 32.5 Å². The van der Waals surface area contributed by atoms with Crippen LogP contribution in [-0.2, 0) is 11.2 Å². The maximum absolute atomic E-state index is 12.7. The van der Waals surface area contributed by atoms with Crippen LogP contribution in [0, 0.1) is 0 Å². The number of likely N-dealkylation sites (tertiary alicyclic amines) is 1. The number of thiazole rings is 1. The molecular formula is C18H18N4OS. The molecule has 1 amide bonds. The highest BCUT2D eigenvalue weighted by atomic mass is 32.1. The van der Waals surface area contributed by atoms with Crippen molar-refractivity contribution in [2.24, 2.45) is 0 Å². The van der Waals surface area contributed by atoms with Crippen LogP contribution in [0.5, 0.6) is 0 Å². The van der Waals surface area contributed by atoms with Crippen LogP contribution in [0.15, 0.2) is 48.1 Å². The van der Waals surface area contributed by atoms with Gasteiger partial charge in [0.05, 0.1) is 24.4 Å². The summed E-state index contributed by atoms with van der Waals surface area (Å²) in [6, 6.07) is 10.2. The molecule has 1 saturated heterocycles. The Kier molecular flexibility index (Phi) is 4.13. The Labute approximate surface area is 144 Å². The van der Waals surface area contributed by atoms with Gasteiger partial charge in [-0.3, -0.25) is 9.89 Å². The smallest absolute Gasteiger partial charge is 0.229 e. The van der Waals surface area contributed by atoms with Gasteiger partial charge in [0.1, 0.15) is 5.01 Å². The molecule has 0 aliphatic carbocycles. The molecule has 0 saturated carbocycles. The van der Waals surface area contributed by atoms with E-state index < -0.39 is 0 Å². The largest absolute Gasteiger partial charge is 0.335 e. The molecule has 3 aromatic rings. The SMILES string of the molecule is O=C(Cc1csc(-c2ccccc2)n1)N1CCCC1c1cn[nH]c1. The second-order valence-electron chi connectivity index (χ2n) is 5.96. The molecule has 6 heteroatoms. The summed E-state index contributed by atoms with van der Waals surface area (Å²) in [7, 11) is 0. The topological polar surface area (TPSA) is 61.9 Å². The maximum Gasteiger partial charge on any atom is 0.229 e. The third kappa shape index (κ3) is 2.97. The van der Waals surface area contributed by atoms with Crippen LogP contribution in [0.25, 0.3) is 10.6 Å². The maximum atomic E-state index is 12.7. The van der Waals surface area contributed by atoms with E-state index in [1.807, 2.05) is 53.0 Å². The van der Waals surface area contributed by atoms with Crippen molar-refractivity contribution in [1.29, 1.82) is 0 Å². The van der Waals surface area contributed by atoms with Gasteiger partial charge >= 0.3 is 0 Å². The summed E-state index contributed by atoms with van der Waals surface area (Å²) in [6.45, 7) is 0.810. The van der Waals surface area contributed by atoms with Crippen molar-refractivity contribution >= 4 is 17.2 Å². The fourth-order valence-electron chi connectivity index (χ4n) is 3.21. The highest BCUT2D eigenvalue weighted by Gasteiger charge is 2.30. The van der Waals surface area contributed by atoms with E-state index in [2.05, 4.69) is 15.2 Å². The van der Waals surface area contributed by atoms with Crippen molar-refractivity contribution in [3.8, 4) is 10.6 Å². The molecule has 2 aromatic heterocycles. The van der Waals surface area contributed by atoms with Gasteiger partial charge in [-0.05, 0) is 12.8 Å². The number of nitrogens with zero attached hydrogens (tertiary/aromatic N) is 3. The number of aromatic amines is 1. The molecule has 3 heterocycles. The number of H-pyrrole nitrogens is 1. The number of amides is 1. The van der Waals surface area contributed by atoms with Crippen LogP contribution >= 0.6 is 11.3 Å². The fraction of sp³-hybridized carbons (Fsp3) is 0.278. The van der Waals surface area contributed by atoms with Crippen molar-refractivity contribution < 1.29 is 4.79 Å². The summed E-state index contributed by atoms with van der Waals surface area (Å²) in [5, 5.41) is 9.80. The molecule has 24 heavy (non-hydrogen) atoms. The molecule has 122 valence electrons. The van der Waals surface area contributed by atoms with Crippen LogP contribution < -0.4 is 0 Å². The lowest BCUT2D eigenvalue weighted by Crippen LogP contribution is -2.31. The predicted octanol–water partition coefficient (Wildman–Crippen LogP) is 3.44. The van der Waals surface area contributed by atoms with E-state index in [1.54, 1.807) is 11.3 Å². The summed E-state index contributed by atoms with van der Waals surface area (Å²) >= 11 is 1.59. The molecule has 4 rings (SSSR count). The lowest BCUT2D eigenvalue weighted by atomic mass is 10.1. The standard InChI is InChI=1S/C18H18N4OS/c23-17(22-8-4-7-16(22)14-10-19-20-11-14)9-15-12-24-18(21-15)13-5-2-1-3-6-13/h1-3,5-6,10-12,16H,4,7-9H2,(H,19,20). The number of carbonyl (C=O) groups excluding carboxylic acids is 1. The first-order chi connectivity index (χ1) is 11.8. The highest BCUT2D eigenvalue weighted by Crippen LogP contribution is 2.32. The van der Waals surface area contributed by atoms with Gasteiger partial charge in [0.2, 0.25) is 5.91 Å². The molecule has 1 aliphatic heterocycles. The minimum Gasteiger partial charge on any atom is -0.335 e. The predicted molar refractivity (Wildman–Crippen MR) is 93.5 cm³/mol.